The van der Waals surface area contributed by atoms with E-state index in [1.54, 1.807) is 24.3 Å². The maximum Gasteiger partial charge on any atom is 0.417 e. The van der Waals surface area contributed by atoms with Gasteiger partial charge in [0, 0.05) is 29.8 Å². The standard InChI is InChI=1S/C23H17F3N6O2/c24-23(25,26)19-11-16(3-6-18(19)14-7-9-28-10-8-14)32-22(33)31-15-1-4-17(5-2-15)34-21-12-20(27)29-13-30-21/h1-13H,(H2,27,29,30)(H2,31,32,33). The summed E-state index contributed by atoms with van der Waals surface area (Å²) in [6.07, 6.45) is -0.529. The third-order valence-corrected chi connectivity index (χ3v) is 4.57. The van der Waals surface area contributed by atoms with Gasteiger partial charge in [-0.25, -0.2) is 14.8 Å². The summed E-state index contributed by atoms with van der Waals surface area (Å²) >= 11 is 0. The summed E-state index contributed by atoms with van der Waals surface area (Å²) in [5, 5.41) is 4.97. The highest BCUT2D eigenvalue weighted by Gasteiger charge is 2.34. The van der Waals surface area contributed by atoms with E-state index in [9.17, 15) is 18.0 Å². The molecule has 0 atom stereocenters. The van der Waals surface area contributed by atoms with Crippen molar-refractivity contribution in [2.75, 3.05) is 16.4 Å². The van der Waals surface area contributed by atoms with Gasteiger partial charge in [0.15, 0.2) is 0 Å². The summed E-state index contributed by atoms with van der Waals surface area (Å²) in [5.74, 6) is 0.939. The van der Waals surface area contributed by atoms with Crippen LogP contribution >= 0.6 is 0 Å². The van der Waals surface area contributed by atoms with Gasteiger partial charge < -0.3 is 21.1 Å². The van der Waals surface area contributed by atoms with Gasteiger partial charge in [0.1, 0.15) is 17.9 Å². The van der Waals surface area contributed by atoms with E-state index in [0.29, 0.717) is 17.0 Å². The lowest BCUT2D eigenvalue weighted by atomic mass is 9.99. The van der Waals surface area contributed by atoms with Crippen molar-refractivity contribution < 1.29 is 22.7 Å². The SMILES string of the molecule is Nc1cc(Oc2ccc(NC(=O)Nc3ccc(-c4ccncc4)c(C(F)(F)F)c3)cc2)ncn1. The van der Waals surface area contributed by atoms with Gasteiger partial charge in [0.25, 0.3) is 0 Å². The van der Waals surface area contributed by atoms with Gasteiger partial charge in [-0.2, -0.15) is 13.2 Å². The molecule has 0 aliphatic rings. The summed E-state index contributed by atoms with van der Waals surface area (Å²) in [6, 6.07) is 13.6. The number of halogens is 3. The first-order chi connectivity index (χ1) is 16.3. The summed E-state index contributed by atoms with van der Waals surface area (Å²) in [5.41, 5.74) is 5.45. The number of nitrogen functional groups attached to an aromatic ring is 1. The molecule has 0 saturated carbocycles. The zero-order valence-corrected chi connectivity index (χ0v) is 17.4. The smallest absolute Gasteiger partial charge is 0.417 e. The average molecular weight is 466 g/mol. The predicted octanol–water partition coefficient (Wildman–Crippen LogP) is 5.58. The summed E-state index contributed by atoms with van der Waals surface area (Å²) in [4.78, 5) is 23.9. The van der Waals surface area contributed by atoms with E-state index in [4.69, 9.17) is 10.5 Å². The van der Waals surface area contributed by atoms with E-state index in [0.717, 1.165) is 6.07 Å². The minimum atomic E-state index is -4.61. The number of pyridine rings is 1. The second kappa shape index (κ2) is 9.45. The van der Waals surface area contributed by atoms with Gasteiger partial charge >= 0.3 is 12.2 Å². The Hall–Kier alpha value is -4.67. The van der Waals surface area contributed by atoms with E-state index >= 15 is 0 Å². The van der Waals surface area contributed by atoms with Crippen molar-refractivity contribution in [3.05, 3.63) is 84.9 Å². The number of carbonyl (C=O) groups excluding carboxylic acids is 1. The zero-order valence-electron chi connectivity index (χ0n) is 17.4. The molecule has 0 saturated heterocycles. The molecule has 0 fully saturated rings. The highest BCUT2D eigenvalue weighted by molar-refractivity contribution is 6.00. The van der Waals surface area contributed by atoms with Gasteiger partial charge in [0.05, 0.1) is 5.56 Å². The lowest BCUT2D eigenvalue weighted by molar-refractivity contribution is -0.137. The predicted molar refractivity (Wildman–Crippen MR) is 120 cm³/mol. The van der Waals surface area contributed by atoms with Crippen molar-refractivity contribution in [3.63, 3.8) is 0 Å². The van der Waals surface area contributed by atoms with Gasteiger partial charge in [-0.1, -0.05) is 6.07 Å². The minimum Gasteiger partial charge on any atom is -0.439 e. The Labute approximate surface area is 191 Å². The largest absolute Gasteiger partial charge is 0.439 e. The molecule has 34 heavy (non-hydrogen) atoms. The second-order valence-corrected chi connectivity index (χ2v) is 6.98. The lowest BCUT2D eigenvalue weighted by Crippen LogP contribution is -2.20. The van der Waals surface area contributed by atoms with Gasteiger partial charge in [-0.05, 0) is 59.7 Å². The highest BCUT2D eigenvalue weighted by atomic mass is 19.4. The van der Waals surface area contributed by atoms with Crippen molar-refractivity contribution in [2.24, 2.45) is 0 Å². The van der Waals surface area contributed by atoms with Crippen molar-refractivity contribution in [3.8, 4) is 22.8 Å². The van der Waals surface area contributed by atoms with Crippen LogP contribution in [0.1, 0.15) is 5.56 Å². The number of nitrogens with one attached hydrogen (secondary N) is 2. The molecule has 0 unspecified atom stereocenters. The Bertz CT molecular complexity index is 1300. The Balaban J connectivity index is 1.44. The molecule has 0 aliphatic carbocycles. The quantitative estimate of drug-likeness (QED) is 0.354. The molecule has 2 aromatic carbocycles. The number of hydrogen-bond acceptors (Lipinski definition) is 6. The van der Waals surface area contributed by atoms with Gasteiger partial charge in [-0.3, -0.25) is 4.98 Å². The van der Waals surface area contributed by atoms with E-state index in [1.807, 2.05) is 0 Å². The third-order valence-electron chi connectivity index (χ3n) is 4.57. The summed E-state index contributed by atoms with van der Waals surface area (Å²) in [6.45, 7) is 0. The van der Waals surface area contributed by atoms with Crippen LogP contribution in [-0.2, 0) is 6.18 Å². The van der Waals surface area contributed by atoms with Crippen molar-refractivity contribution in [1.29, 1.82) is 0 Å². The van der Waals surface area contributed by atoms with Crippen LogP contribution in [0.15, 0.2) is 79.4 Å². The average Bonchev–Trinajstić information content (AvgIpc) is 2.80. The molecule has 4 aromatic rings. The topological polar surface area (TPSA) is 115 Å². The maximum absolute atomic E-state index is 13.6. The first-order valence-electron chi connectivity index (χ1n) is 9.83. The molecule has 0 radical (unpaired) electrons. The van der Waals surface area contributed by atoms with Crippen LogP contribution in [0.4, 0.5) is 35.2 Å². The van der Waals surface area contributed by atoms with E-state index in [2.05, 4.69) is 25.6 Å². The van der Waals surface area contributed by atoms with Gasteiger partial charge in [0.2, 0.25) is 5.88 Å². The number of rotatable bonds is 5. The summed E-state index contributed by atoms with van der Waals surface area (Å²) < 4.78 is 46.5. The molecular weight excluding hydrogens is 449 g/mol. The van der Waals surface area contributed by atoms with Crippen LogP contribution < -0.4 is 21.1 Å². The van der Waals surface area contributed by atoms with Crippen molar-refractivity contribution >= 4 is 23.2 Å². The van der Waals surface area contributed by atoms with E-state index < -0.39 is 17.8 Å². The number of urea groups is 1. The highest BCUT2D eigenvalue weighted by Crippen LogP contribution is 2.38. The van der Waals surface area contributed by atoms with Crippen LogP contribution in [0.5, 0.6) is 11.6 Å². The molecule has 2 heterocycles. The van der Waals surface area contributed by atoms with Crippen molar-refractivity contribution in [2.45, 2.75) is 6.18 Å². The van der Waals surface area contributed by atoms with E-state index in [-0.39, 0.29) is 22.9 Å². The molecule has 0 spiro atoms. The fourth-order valence-corrected chi connectivity index (χ4v) is 3.07. The molecule has 2 aromatic heterocycles. The fraction of sp³-hybridized carbons (Fsp3) is 0.0435. The Morgan fingerprint density at radius 1 is 0.882 bits per heavy atom. The number of alkyl halides is 3. The second-order valence-electron chi connectivity index (χ2n) is 6.98. The molecule has 4 rings (SSSR count). The number of carbonyl (C=O) groups is 1. The molecule has 0 aliphatic heterocycles. The van der Waals surface area contributed by atoms with Crippen LogP contribution in [0.3, 0.4) is 0 Å². The Kier molecular flexibility index (Phi) is 6.26. The maximum atomic E-state index is 13.6. The summed E-state index contributed by atoms with van der Waals surface area (Å²) in [7, 11) is 0. The molecular formula is C23H17F3N6O2. The van der Waals surface area contributed by atoms with Crippen LogP contribution in [0.2, 0.25) is 0 Å². The zero-order chi connectivity index (χ0) is 24.1. The van der Waals surface area contributed by atoms with Crippen molar-refractivity contribution in [1.82, 2.24) is 15.0 Å². The number of ether oxygens (including phenoxy) is 1. The fourth-order valence-electron chi connectivity index (χ4n) is 3.07. The Morgan fingerprint density at radius 3 is 2.24 bits per heavy atom. The number of hydrogen-bond donors (Lipinski definition) is 3. The first-order valence-corrected chi connectivity index (χ1v) is 9.83. The molecule has 172 valence electrons. The number of benzene rings is 2. The van der Waals surface area contributed by atoms with Crippen LogP contribution in [-0.4, -0.2) is 21.0 Å². The molecule has 0 bridgehead atoms. The molecule has 11 heteroatoms. The normalized spacial score (nSPS) is 11.0. The molecule has 4 N–H and O–H groups in total. The molecule has 8 nitrogen and oxygen atoms in total. The monoisotopic (exact) mass is 466 g/mol. The minimum absolute atomic E-state index is 0.0102. The number of anilines is 3. The van der Waals surface area contributed by atoms with E-state index in [1.165, 1.54) is 49.1 Å². The number of nitrogens with zero attached hydrogens (tertiary/aromatic N) is 3. The number of amides is 2. The van der Waals surface area contributed by atoms with Gasteiger partial charge in [-0.15, -0.1) is 0 Å². The molecule has 2 amide bonds. The van der Waals surface area contributed by atoms with Crippen LogP contribution in [0, 0.1) is 0 Å². The number of nitrogens with two attached hydrogens (primary N) is 1. The number of aromatic nitrogens is 3. The first kappa shape index (κ1) is 22.5. The third kappa shape index (κ3) is 5.57. The Morgan fingerprint density at radius 2 is 1.56 bits per heavy atom. The lowest BCUT2D eigenvalue weighted by Gasteiger charge is -2.15. The van der Waals surface area contributed by atoms with Crippen LogP contribution in [0.25, 0.3) is 11.1 Å².